The predicted octanol–water partition coefficient (Wildman–Crippen LogP) is 3.76. The molecule has 0 saturated heterocycles. The van der Waals surface area contributed by atoms with Gasteiger partial charge in [-0.2, -0.15) is 21.0 Å². The number of allylic oxidation sites excluding steroid dienone is 6. The molecule has 1 unspecified atom stereocenters. The Labute approximate surface area is 156 Å². The molecule has 1 aliphatic carbocycles. The third-order valence-electron chi connectivity index (χ3n) is 4.08. The van der Waals surface area contributed by atoms with Gasteiger partial charge in [0.2, 0.25) is 5.60 Å². The van der Waals surface area contributed by atoms with E-state index >= 15 is 0 Å². The molecule has 0 bridgehead atoms. The van der Waals surface area contributed by atoms with Gasteiger partial charge >= 0.3 is 0 Å². The summed E-state index contributed by atoms with van der Waals surface area (Å²) in [6.45, 7) is 0. The molecule has 27 heavy (non-hydrogen) atoms. The fraction of sp³-hybridized carbons (Fsp3) is 0.0455. The highest BCUT2D eigenvalue weighted by Gasteiger charge is 2.48. The quantitative estimate of drug-likeness (QED) is 0.612. The van der Waals surface area contributed by atoms with E-state index in [9.17, 15) is 21.0 Å². The Morgan fingerprint density at radius 3 is 2.33 bits per heavy atom. The zero-order chi connectivity index (χ0) is 19.3. The van der Waals surface area contributed by atoms with Crippen LogP contribution in [0.25, 0.3) is 0 Å². The zero-order valence-electron chi connectivity index (χ0n) is 14.0. The predicted molar refractivity (Wildman–Crippen MR) is 95.6 cm³/mol. The second-order valence-corrected chi connectivity index (χ2v) is 5.55. The molecule has 0 radical (unpaired) electrons. The van der Waals surface area contributed by atoms with E-state index in [4.69, 9.17) is 4.74 Å². The number of hydrogen-bond acceptors (Lipinski definition) is 5. The lowest BCUT2D eigenvalue weighted by Crippen LogP contribution is -2.25. The average molecular weight is 346 g/mol. The molecular weight excluding hydrogens is 336 g/mol. The van der Waals surface area contributed by atoms with Crippen LogP contribution in [0.5, 0.6) is 0 Å². The maximum absolute atomic E-state index is 10.0. The molecule has 5 nitrogen and oxygen atoms in total. The minimum absolute atomic E-state index is 0.0127. The summed E-state index contributed by atoms with van der Waals surface area (Å²) in [5.41, 5.74) is 2.53. The van der Waals surface area contributed by atoms with Crippen LogP contribution in [-0.2, 0) is 10.3 Å². The van der Waals surface area contributed by atoms with E-state index in [1.165, 1.54) is 0 Å². The van der Waals surface area contributed by atoms with Gasteiger partial charge < -0.3 is 4.74 Å². The van der Waals surface area contributed by atoms with Gasteiger partial charge in [0.25, 0.3) is 0 Å². The van der Waals surface area contributed by atoms with Crippen LogP contribution < -0.4 is 0 Å². The molecule has 0 saturated carbocycles. The molecule has 1 atom stereocenters. The van der Waals surface area contributed by atoms with Crippen molar-refractivity contribution >= 4 is 0 Å². The third kappa shape index (κ3) is 2.84. The number of hydrogen-bond donors (Lipinski definition) is 0. The van der Waals surface area contributed by atoms with Crippen molar-refractivity contribution in [2.45, 2.75) is 5.60 Å². The highest BCUT2D eigenvalue weighted by molar-refractivity contribution is 5.65. The Balaban J connectivity index is 2.31. The second kappa shape index (κ2) is 7.14. The minimum Gasteiger partial charge on any atom is -0.460 e. The van der Waals surface area contributed by atoms with Gasteiger partial charge in [-0.1, -0.05) is 42.5 Å². The summed E-state index contributed by atoms with van der Waals surface area (Å²) in [5.74, 6) is -0.181. The molecule has 0 N–H and O–H groups in total. The lowest BCUT2D eigenvalue weighted by molar-refractivity contribution is 0.111. The maximum atomic E-state index is 10.0. The SMILES string of the molecule is N#CC(C#N)=C1OC(C#N)(c2ccccc2)C(/C=C/C2=C=CC=C2)=C1C#N. The van der Waals surface area contributed by atoms with Crippen LogP contribution in [0.1, 0.15) is 5.56 Å². The number of ether oxygens (including phenoxy) is 1. The van der Waals surface area contributed by atoms with E-state index in [-0.39, 0.29) is 22.5 Å². The topological polar surface area (TPSA) is 104 Å². The van der Waals surface area contributed by atoms with Crippen LogP contribution >= 0.6 is 0 Å². The Kier molecular flexibility index (Phi) is 4.57. The van der Waals surface area contributed by atoms with E-state index in [1.807, 2.05) is 18.2 Å². The Bertz CT molecular complexity index is 1150. The Hall–Kier alpha value is -4.54. The molecule has 1 aliphatic heterocycles. The summed E-state index contributed by atoms with van der Waals surface area (Å²) in [6, 6.07) is 16.2. The summed E-state index contributed by atoms with van der Waals surface area (Å²) in [4.78, 5) is 0. The molecule has 0 aromatic heterocycles. The summed E-state index contributed by atoms with van der Waals surface area (Å²) in [6.07, 6.45) is 8.68. The first kappa shape index (κ1) is 17.3. The monoisotopic (exact) mass is 346 g/mol. The second-order valence-electron chi connectivity index (χ2n) is 5.55. The molecule has 124 valence electrons. The van der Waals surface area contributed by atoms with Crippen molar-refractivity contribution in [1.82, 2.24) is 0 Å². The minimum atomic E-state index is -1.64. The van der Waals surface area contributed by atoms with Crippen LogP contribution in [0, 0.1) is 45.3 Å². The van der Waals surface area contributed by atoms with E-state index in [0.717, 1.165) is 5.57 Å². The van der Waals surface area contributed by atoms with Gasteiger partial charge in [-0.05, 0) is 18.2 Å². The zero-order valence-corrected chi connectivity index (χ0v) is 14.0. The first-order valence-electron chi connectivity index (χ1n) is 7.87. The highest BCUT2D eigenvalue weighted by atomic mass is 16.5. The third-order valence-corrected chi connectivity index (χ3v) is 4.08. The van der Waals surface area contributed by atoms with Crippen molar-refractivity contribution in [3.8, 4) is 24.3 Å². The van der Waals surface area contributed by atoms with Crippen LogP contribution in [-0.4, -0.2) is 0 Å². The van der Waals surface area contributed by atoms with Gasteiger partial charge in [0.15, 0.2) is 11.3 Å². The summed E-state index contributed by atoms with van der Waals surface area (Å²) in [5, 5.41) is 38.2. The van der Waals surface area contributed by atoms with E-state index in [0.29, 0.717) is 5.56 Å². The molecule has 5 heteroatoms. The van der Waals surface area contributed by atoms with Gasteiger partial charge in [-0.15, -0.1) is 5.73 Å². The van der Waals surface area contributed by atoms with E-state index in [1.54, 1.807) is 60.7 Å². The van der Waals surface area contributed by atoms with Crippen molar-refractivity contribution < 1.29 is 4.74 Å². The molecule has 0 spiro atoms. The fourth-order valence-corrected chi connectivity index (χ4v) is 2.83. The summed E-state index contributed by atoms with van der Waals surface area (Å²) < 4.78 is 5.83. The van der Waals surface area contributed by atoms with Crippen LogP contribution in [0.2, 0.25) is 0 Å². The molecule has 1 aromatic carbocycles. The lowest BCUT2D eigenvalue weighted by Gasteiger charge is -2.23. The fourth-order valence-electron chi connectivity index (χ4n) is 2.83. The Morgan fingerprint density at radius 2 is 1.78 bits per heavy atom. The first-order chi connectivity index (χ1) is 13.2. The average Bonchev–Trinajstić information content (AvgIpc) is 3.34. The number of rotatable bonds is 3. The lowest BCUT2D eigenvalue weighted by atomic mass is 9.85. The molecule has 2 aliphatic rings. The number of nitrogens with zero attached hydrogens (tertiary/aromatic N) is 4. The largest absolute Gasteiger partial charge is 0.460 e. The maximum Gasteiger partial charge on any atom is 0.246 e. The van der Waals surface area contributed by atoms with Crippen LogP contribution in [0.3, 0.4) is 0 Å². The van der Waals surface area contributed by atoms with E-state index < -0.39 is 5.60 Å². The van der Waals surface area contributed by atoms with Crippen molar-refractivity contribution in [2.75, 3.05) is 0 Å². The summed E-state index contributed by atoms with van der Waals surface area (Å²) in [7, 11) is 0. The van der Waals surface area contributed by atoms with Gasteiger partial charge in [-0.25, -0.2) is 0 Å². The molecule has 3 rings (SSSR count). The first-order valence-corrected chi connectivity index (χ1v) is 7.87. The molecule has 1 aromatic rings. The van der Waals surface area contributed by atoms with Crippen molar-refractivity contribution in [3.63, 3.8) is 0 Å². The van der Waals surface area contributed by atoms with Crippen LogP contribution in [0.4, 0.5) is 0 Å². The Morgan fingerprint density at radius 1 is 1.04 bits per heavy atom. The molecule has 0 amide bonds. The van der Waals surface area contributed by atoms with Gasteiger partial charge in [0.1, 0.15) is 29.8 Å². The smallest absolute Gasteiger partial charge is 0.246 e. The molecule has 0 fully saturated rings. The summed E-state index contributed by atoms with van der Waals surface area (Å²) >= 11 is 0. The van der Waals surface area contributed by atoms with Crippen molar-refractivity contribution in [2.24, 2.45) is 0 Å². The van der Waals surface area contributed by atoms with Crippen molar-refractivity contribution in [1.29, 1.82) is 21.0 Å². The standard InChI is InChI=1S/C22H10N4O/c23-12-17(13-24)21-19(14-25)20(11-10-16-6-4-5-7-16)22(15-26,27-21)18-8-2-1-3-9-18/h1-6,8-11H/b11-10+. The molecular formula is C22H10N4O. The normalized spacial score (nSPS) is 19.9. The molecule has 1 heterocycles. The number of nitriles is 4. The van der Waals surface area contributed by atoms with Crippen LogP contribution in [0.15, 0.2) is 94.5 Å². The number of benzene rings is 1. The van der Waals surface area contributed by atoms with Gasteiger partial charge in [0.05, 0.1) is 0 Å². The highest BCUT2D eigenvalue weighted by Crippen LogP contribution is 2.46. The van der Waals surface area contributed by atoms with E-state index in [2.05, 4.69) is 11.8 Å². The van der Waals surface area contributed by atoms with Gasteiger partial charge in [-0.3, -0.25) is 0 Å². The van der Waals surface area contributed by atoms with Crippen molar-refractivity contribution in [3.05, 3.63) is 100 Å². The van der Waals surface area contributed by atoms with Gasteiger partial charge in [0, 0.05) is 16.7 Å².